The van der Waals surface area contributed by atoms with Crippen LogP contribution in [0.5, 0.6) is 5.75 Å². The molecule has 96 valence electrons. The highest BCUT2D eigenvalue weighted by Crippen LogP contribution is 2.33. The van der Waals surface area contributed by atoms with E-state index in [1.165, 1.54) is 0 Å². The molecule has 1 aromatic rings. The summed E-state index contributed by atoms with van der Waals surface area (Å²) in [5, 5.41) is 10.5. The number of nitrogens with zero attached hydrogens (tertiary/aromatic N) is 1. The maximum Gasteiger partial charge on any atom is 0.118 e. The largest absolute Gasteiger partial charge is 0.497 e. The first-order valence-corrected chi connectivity index (χ1v) is 5.95. The third kappa shape index (κ3) is 2.79. The van der Waals surface area contributed by atoms with Gasteiger partial charge >= 0.3 is 0 Å². The van der Waals surface area contributed by atoms with Gasteiger partial charge < -0.3 is 14.7 Å². The summed E-state index contributed by atoms with van der Waals surface area (Å²) in [6.45, 7) is 4.16. The Balaban J connectivity index is 2.97. The Hall–Kier alpha value is -1.06. The van der Waals surface area contributed by atoms with Crippen molar-refractivity contribution in [2.75, 3.05) is 21.2 Å². The van der Waals surface area contributed by atoms with Crippen LogP contribution < -0.4 is 4.74 Å². The molecule has 0 aliphatic rings. The molecule has 1 N–H and O–H groups in total. The van der Waals surface area contributed by atoms with Crippen molar-refractivity contribution in [3.8, 4) is 5.75 Å². The van der Waals surface area contributed by atoms with Crippen molar-refractivity contribution >= 4 is 0 Å². The number of benzene rings is 1. The number of ether oxygens (including phenoxy) is 1. The van der Waals surface area contributed by atoms with Crippen LogP contribution in [0.25, 0.3) is 0 Å². The Kier molecular flexibility index (Phi) is 4.54. The number of hydrogen-bond donors (Lipinski definition) is 1. The lowest BCUT2D eigenvalue weighted by Gasteiger charge is -2.40. The first kappa shape index (κ1) is 14.0. The molecule has 0 radical (unpaired) electrons. The Morgan fingerprint density at radius 1 is 1.29 bits per heavy atom. The summed E-state index contributed by atoms with van der Waals surface area (Å²) >= 11 is 0. The first-order valence-electron chi connectivity index (χ1n) is 5.95. The lowest BCUT2D eigenvalue weighted by molar-refractivity contribution is 0.000848. The molecule has 2 unspecified atom stereocenters. The van der Waals surface area contributed by atoms with Crippen molar-refractivity contribution in [3.63, 3.8) is 0 Å². The third-order valence-electron chi connectivity index (χ3n) is 3.76. The Labute approximate surface area is 104 Å². The van der Waals surface area contributed by atoms with Crippen LogP contribution in [0.1, 0.15) is 31.9 Å². The number of methoxy groups -OCH3 is 1. The average Bonchev–Trinajstić information content (AvgIpc) is 2.36. The molecule has 0 saturated heterocycles. The van der Waals surface area contributed by atoms with Crippen LogP contribution in [0.4, 0.5) is 0 Å². The fraction of sp³-hybridized carbons (Fsp3) is 0.571. The van der Waals surface area contributed by atoms with Gasteiger partial charge in [0.15, 0.2) is 0 Å². The number of hydrogen-bond acceptors (Lipinski definition) is 3. The number of rotatable bonds is 5. The molecule has 0 amide bonds. The van der Waals surface area contributed by atoms with Crippen LogP contribution in [-0.4, -0.2) is 36.8 Å². The number of likely N-dealkylation sites (N-methyl/N-ethyl adjacent to an activating group) is 1. The minimum absolute atomic E-state index is 0.255. The number of aliphatic hydroxyl groups is 1. The van der Waals surface area contributed by atoms with E-state index in [9.17, 15) is 5.11 Å². The molecule has 1 rings (SSSR count). The highest BCUT2D eigenvalue weighted by atomic mass is 16.5. The molecule has 0 aliphatic carbocycles. The van der Waals surface area contributed by atoms with Crippen molar-refractivity contribution in [1.29, 1.82) is 0 Å². The zero-order valence-electron chi connectivity index (χ0n) is 11.4. The summed E-state index contributed by atoms with van der Waals surface area (Å²) in [5.74, 6) is 0.809. The second-order valence-electron chi connectivity index (χ2n) is 4.78. The van der Waals surface area contributed by atoms with E-state index in [2.05, 4.69) is 18.7 Å². The summed E-state index contributed by atoms with van der Waals surface area (Å²) < 4.78 is 5.12. The second-order valence-corrected chi connectivity index (χ2v) is 4.78. The summed E-state index contributed by atoms with van der Waals surface area (Å²) in [7, 11) is 5.63. The van der Waals surface area contributed by atoms with Crippen molar-refractivity contribution in [1.82, 2.24) is 4.90 Å². The van der Waals surface area contributed by atoms with Crippen molar-refractivity contribution < 1.29 is 9.84 Å². The zero-order valence-corrected chi connectivity index (χ0v) is 11.4. The molecular weight excluding hydrogens is 214 g/mol. The van der Waals surface area contributed by atoms with Gasteiger partial charge in [0.05, 0.1) is 13.2 Å². The monoisotopic (exact) mass is 237 g/mol. The topological polar surface area (TPSA) is 32.7 Å². The van der Waals surface area contributed by atoms with Crippen LogP contribution in [-0.2, 0) is 0 Å². The molecule has 0 heterocycles. The first-order chi connectivity index (χ1) is 7.95. The maximum atomic E-state index is 10.5. The van der Waals surface area contributed by atoms with E-state index in [0.29, 0.717) is 0 Å². The van der Waals surface area contributed by atoms with E-state index in [0.717, 1.165) is 17.7 Å². The van der Waals surface area contributed by atoms with Crippen molar-refractivity contribution in [3.05, 3.63) is 29.8 Å². The van der Waals surface area contributed by atoms with Crippen LogP contribution in [0.15, 0.2) is 24.3 Å². The molecule has 2 atom stereocenters. The van der Waals surface area contributed by atoms with E-state index < -0.39 is 6.10 Å². The summed E-state index contributed by atoms with van der Waals surface area (Å²) in [6, 6.07) is 7.59. The van der Waals surface area contributed by atoms with Gasteiger partial charge in [-0.05, 0) is 45.1 Å². The van der Waals surface area contributed by atoms with E-state index in [4.69, 9.17) is 4.74 Å². The van der Waals surface area contributed by atoms with Crippen LogP contribution in [0.2, 0.25) is 0 Å². The molecule has 3 nitrogen and oxygen atoms in total. The van der Waals surface area contributed by atoms with Gasteiger partial charge in [0, 0.05) is 5.54 Å². The fourth-order valence-electron chi connectivity index (χ4n) is 1.90. The third-order valence-corrected chi connectivity index (χ3v) is 3.76. The van der Waals surface area contributed by atoms with Gasteiger partial charge in [-0.25, -0.2) is 0 Å². The van der Waals surface area contributed by atoms with Crippen LogP contribution in [0, 0.1) is 0 Å². The Morgan fingerprint density at radius 2 is 1.82 bits per heavy atom. The van der Waals surface area contributed by atoms with E-state index in [-0.39, 0.29) is 5.54 Å². The lowest BCUT2D eigenvalue weighted by Crippen LogP contribution is -2.46. The molecule has 0 aromatic heterocycles. The standard InChI is InChI=1S/C14H23NO2/c1-6-14(2,15(3)4)13(16)11-7-9-12(17-5)10-8-11/h7-10,13,16H,6H2,1-5H3. The molecule has 0 aliphatic heterocycles. The van der Waals surface area contributed by atoms with Gasteiger partial charge in [0.1, 0.15) is 5.75 Å². The van der Waals surface area contributed by atoms with E-state index in [1.807, 2.05) is 38.4 Å². The fourth-order valence-corrected chi connectivity index (χ4v) is 1.90. The SMILES string of the molecule is CCC(C)(C(O)c1ccc(OC)cc1)N(C)C. The van der Waals surface area contributed by atoms with Gasteiger partial charge in [0.2, 0.25) is 0 Å². The van der Waals surface area contributed by atoms with Gasteiger partial charge in [-0.3, -0.25) is 0 Å². The molecule has 17 heavy (non-hydrogen) atoms. The minimum atomic E-state index is -0.506. The van der Waals surface area contributed by atoms with Crippen LogP contribution >= 0.6 is 0 Å². The lowest BCUT2D eigenvalue weighted by atomic mass is 9.86. The molecule has 0 spiro atoms. The smallest absolute Gasteiger partial charge is 0.118 e. The average molecular weight is 237 g/mol. The number of aliphatic hydroxyl groups excluding tert-OH is 1. The molecule has 0 fully saturated rings. The second kappa shape index (κ2) is 5.52. The Bertz CT molecular complexity index is 348. The highest BCUT2D eigenvalue weighted by Gasteiger charge is 2.34. The predicted octanol–water partition coefficient (Wildman–Crippen LogP) is 2.46. The van der Waals surface area contributed by atoms with Crippen molar-refractivity contribution in [2.24, 2.45) is 0 Å². The summed E-state index contributed by atoms with van der Waals surface area (Å²) in [6.07, 6.45) is 0.376. The molecule has 1 aromatic carbocycles. The molecule has 0 saturated carbocycles. The quantitative estimate of drug-likeness (QED) is 0.854. The van der Waals surface area contributed by atoms with E-state index in [1.54, 1.807) is 7.11 Å². The minimum Gasteiger partial charge on any atom is -0.497 e. The van der Waals surface area contributed by atoms with Crippen molar-refractivity contribution in [2.45, 2.75) is 31.9 Å². The van der Waals surface area contributed by atoms with Gasteiger partial charge in [-0.1, -0.05) is 19.1 Å². The van der Waals surface area contributed by atoms with Gasteiger partial charge in [-0.2, -0.15) is 0 Å². The molecule has 3 heteroatoms. The molecule has 0 bridgehead atoms. The van der Waals surface area contributed by atoms with E-state index >= 15 is 0 Å². The Morgan fingerprint density at radius 3 is 2.18 bits per heavy atom. The van der Waals surface area contributed by atoms with Gasteiger partial charge in [0.25, 0.3) is 0 Å². The summed E-state index contributed by atoms with van der Waals surface area (Å²) in [4.78, 5) is 2.07. The zero-order chi connectivity index (χ0) is 13.1. The van der Waals surface area contributed by atoms with Crippen LogP contribution in [0.3, 0.4) is 0 Å². The van der Waals surface area contributed by atoms with Gasteiger partial charge in [-0.15, -0.1) is 0 Å². The summed E-state index contributed by atoms with van der Waals surface area (Å²) in [5.41, 5.74) is 0.665. The maximum absolute atomic E-state index is 10.5. The highest BCUT2D eigenvalue weighted by molar-refractivity contribution is 5.29. The molecular formula is C14H23NO2. The normalized spacial score (nSPS) is 16.6. The predicted molar refractivity (Wildman–Crippen MR) is 70.3 cm³/mol.